The van der Waals surface area contributed by atoms with Crippen molar-refractivity contribution in [3.05, 3.63) is 65.7 Å². The van der Waals surface area contributed by atoms with Crippen molar-refractivity contribution < 1.29 is 14.2 Å². The minimum Gasteiger partial charge on any atom is -0.497 e. The summed E-state index contributed by atoms with van der Waals surface area (Å²) in [5.41, 5.74) is 1.81. The van der Waals surface area contributed by atoms with Crippen LogP contribution in [0.5, 0.6) is 5.75 Å². The summed E-state index contributed by atoms with van der Waals surface area (Å²) in [6.45, 7) is 1.07. The molecule has 2 aromatic carbocycles. The molecule has 0 atom stereocenters. The quantitative estimate of drug-likeness (QED) is 0.792. The van der Waals surface area contributed by atoms with E-state index in [9.17, 15) is 0 Å². The molecule has 2 aromatic rings. The molecule has 0 unspecified atom stereocenters. The molecule has 0 bridgehead atoms. The van der Waals surface area contributed by atoms with Crippen molar-refractivity contribution in [1.82, 2.24) is 0 Å². The second kappa shape index (κ2) is 6.01. The molecule has 0 amide bonds. The van der Waals surface area contributed by atoms with Crippen LogP contribution in [-0.2, 0) is 15.3 Å². The Morgan fingerprint density at radius 1 is 0.952 bits per heavy atom. The first-order valence-corrected chi connectivity index (χ1v) is 6.83. The van der Waals surface area contributed by atoms with Crippen molar-refractivity contribution in [2.75, 3.05) is 20.3 Å². The first-order valence-electron chi connectivity index (χ1n) is 6.83. The standard InChI is InChI=1S/C18H16O3/c1-19-17-9-7-16(8-10-17)18(20-13-14-21-18)12-11-15-5-3-2-4-6-15/h2-10H,13-14H2,1H3. The van der Waals surface area contributed by atoms with Crippen LogP contribution in [0.4, 0.5) is 0 Å². The Kier molecular flexibility index (Phi) is 3.92. The molecule has 1 fully saturated rings. The summed E-state index contributed by atoms with van der Waals surface area (Å²) in [5.74, 6) is 6.06. The average Bonchev–Trinajstić information content (AvgIpc) is 3.04. The highest BCUT2D eigenvalue weighted by atomic mass is 16.7. The molecule has 1 heterocycles. The lowest BCUT2D eigenvalue weighted by Crippen LogP contribution is -2.25. The van der Waals surface area contributed by atoms with E-state index in [0.717, 1.165) is 16.9 Å². The van der Waals surface area contributed by atoms with Gasteiger partial charge in [-0.1, -0.05) is 24.1 Å². The Morgan fingerprint density at radius 3 is 2.24 bits per heavy atom. The highest BCUT2D eigenvalue weighted by Crippen LogP contribution is 2.32. The number of benzene rings is 2. The van der Waals surface area contributed by atoms with Crippen LogP contribution in [-0.4, -0.2) is 20.3 Å². The van der Waals surface area contributed by atoms with Gasteiger partial charge in [0.1, 0.15) is 5.75 Å². The zero-order valence-corrected chi connectivity index (χ0v) is 11.8. The maximum absolute atomic E-state index is 5.79. The molecule has 106 valence electrons. The summed E-state index contributed by atoms with van der Waals surface area (Å²) >= 11 is 0. The van der Waals surface area contributed by atoms with E-state index in [-0.39, 0.29) is 0 Å². The van der Waals surface area contributed by atoms with E-state index in [2.05, 4.69) is 11.8 Å². The van der Waals surface area contributed by atoms with Gasteiger partial charge >= 0.3 is 0 Å². The SMILES string of the molecule is COc1ccc(C2(C#Cc3ccccc3)OCCO2)cc1. The highest BCUT2D eigenvalue weighted by Gasteiger charge is 2.37. The fourth-order valence-corrected chi connectivity index (χ4v) is 2.21. The molecule has 3 nitrogen and oxygen atoms in total. The van der Waals surface area contributed by atoms with Crippen molar-refractivity contribution >= 4 is 0 Å². The Bertz CT molecular complexity index is 644. The summed E-state index contributed by atoms with van der Waals surface area (Å²) in [5, 5.41) is 0. The first-order chi connectivity index (χ1) is 10.3. The summed E-state index contributed by atoms with van der Waals surface area (Å²) in [7, 11) is 1.64. The van der Waals surface area contributed by atoms with Gasteiger partial charge in [0.05, 0.1) is 20.3 Å². The fourth-order valence-electron chi connectivity index (χ4n) is 2.21. The molecule has 21 heavy (non-hydrogen) atoms. The Labute approximate surface area is 124 Å². The second-order valence-electron chi connectivity index (χ2n) is 4.66. The van der Waals surface area contributed by atoms with Crippen LogP contribution < -0.4 is 4.74 Å². The molecular formula is C18H16O3. The van der Waals surface area contributed by atoms with Crippen molar-refractivity contribution in [3.8, 4) is 17.6 Å². The van der Waals surface area contributed by atoms with Gasteiger partial charge in [-0.2, -0.15) is 0 Å². The molecule has 1 aliphatic heterocycles. The number of methoxy groups -OCH3 is 1. The topological polar surface area (TPSA) is 27.7 Å². The molecular weight excluding hydrogens is 264 g/mol. The normalized spacial score (nSPS) is 16.0. The van der Waals surface area contributed by atoms with Crippen LogP contribution in [0.2, 0.25) is 0 Å². The predicted molar refractivity (Wildman–Crippen MR) is 79.9 cm³/mol. The lowest BCUT2D eigenvalue weighted by molar-refractivity contribution is -0.114. The van der Waals surface area contributed by atoms with Crippen LogP contribution in [0.25, 0.3) is 0 Å². The Hall–Kier alpha value is -2.28. The van der Waals surface area contributed by atoms with Gasteiger partial charge in [0.25, 0.3) is 5.79 Å². The van der Waals surface area contributed by atoms with Gasteiger partial charge in [-0.25, -0.2) is 0 Å². The largest absolute Gasteiger partial charge is 0.497 e. The number of rotatable bonds is 2. The summed E-state index contributed by atoms with van der Waals surface area (Å²) in [6.07, 6.45) is 0. The van der Waals surface area contributed by atoms with E-state index < -0.39 is 5.79 Å². The highest BCUT2D eigenvalue weighted by molar-refractivity contribution is 5.40. The van der Waals surface area contributed by atoms with Gasteiger partial charge in [0.2, 0.25) is 0 Å². The van der Waals surface area contributed by atoms with E-state index in [0.29, 0.717) is 13.2 Å². The van der Waals surface area contributed by atoms with Crippen LogP contribution in [0.15, 0.2) is 54.6 Å². The lowest BCUT2D eigenvalue weighted by Gasteiger charge is -2.21. The Balaban J connectivity index is 1.94. The van der Waals surface area contributed by atoms with Gasteiger partial charge in [-0.05, 0) is 42.3 Å². The maximum atomic E-state index is 5.79. The van der Waals surface area contributed by atoms with Crippen molar-refractivity contribution in [1.29, 1.82) is 0 Å². The monoisotopic (exact) mass is 280 g/mol. The third-order valence-corrected chi connectivity index (χ3v) is 3.31. The maximum Gasteiger partial charge on any atom is 0.261 e. The zero-order valence-electron chi connectivity index (χ0n) is 11.8. The number of ether oxygens (including phenoxy) is 3. The molecule has 0 N–H and O–H groups in total. The van der Waals surface area contributed by atoms with E-state index >= 15 is 0 Å². The number of hydrogen-bond donors (Lipinski definition) is 0. The molecule has 0 radical (unpaired) electrons. The zero-order chi connectivity index (χ0) is 14.5. The smallest absolute Gasteiger partial charge is 0.261 e. The van der Waals surface area contributed by atoms with Gasteiger partial charge in [-0.3, -0.25) is 0 Å². The van der Waals surface area contributed by atoms with E-state index in [1.807, 2.05) is 54.6 Å². The van der Waals surface area contributed by atoms with Crippen LogP contribution in [0.1, 0.15) is 11.1 Å². The third kappa shape index (κ3) is 2.92. The van der Waals surface area contributed by atoms with Crippen molar-refractivity contribution in [2.45, 2.75) is 5.79 Å². The summed E-state index contributed by atoms with van der Waals surface area (Å²) < 4.78 is 16.7. The van der Waals surface area contributed by atoms with E-state index in [1.165, 1.54) is 0 Å². The predicted octanol–water partition coefficient (Wildman–Crippen LogP) is 2.95. The Morgan fingerprint density at radius 2 is 1.62 bits per heavy atom. The van der Waals surface area contributed by atoms with Gasteiger partial charge in [-0.15, -0.1) is 0 Å². The van der Waals surface area contributed by atoms with Crippen molar-refractivity contribution in [3.63, 3.8) is 0 Å². The second-order valence-corrected chi connectivity index (χ2v) is 4.66. The molecule has 0 aliphatic carbocycles. The molecule has 1 saturated heterocycles. The molecule has 1 aliphatic rings. The van der Waals surface area contributed by atoms with Gasteiger partial charge in [0, 0.05) is 11.1 Å². The van der Waals surface area contributed by atoms with E-state index in [4.69, 9.17) is 14.2 Å². The molecule has 0 saturated carbocycles. The molecule has 3 rings (SSSR count). The van der Waals surface area contributed by atoms with Gasteiger partial charge < -0.3 is 14.2 Å². The summed E-state index contributed by atoms with van der Waals surface area (Å²) in [6, 6.07) is 17.4. The average molecular weight is 280 g/mol. The van der Waals surface area contributed by atoms with Gasteiger partial charge in [0.15, 0.2) is 0 Å². The summed E-state index contributed by atoms with van der Waals surface area (Å²) in [4.78, 5) is 0. The molecule has 0 aromatic heterocycles. The van der Waals surface area contributed by atoms with Crippen LogP contribution >= 0.6 is 0 Å². The first kappa shape index (κ1) is 13.7. The molecule has 3 heteroatoms. The lowest BCUT2D eigenvalue weighted by atomic mass is 10.1. The number of hydrogen-bond acceptors (Lipinski definition) is 3. The van der Waals surface area contributed by atoms with Crippen molar-refractivity contribution in [2.24, 2.45) is 0 Å². The minimum absolute atomic E-state index is 0.537. The fraction of sp³-hybridized carbons (Fsp3) is 0.222. The minimum atomic E-state index is -0.984. The molecule has 0 spiro atoms. The third-order valence-electron chi connectivity index (χ3n) is 3.31. The van der Waals surface area contributed by atoms with E-state index in [1.54, 1.807) is 7.11 Å². The van der Waals surface area contributed by atoms with Crippen LogP contribution in [0.3, 0.4) is 0 Å². The van der Waals surface area contributed by atoms with Crippen LogP contribution in [0, 0.1) is 11.8 Å².